The van der Waals surface area contributed by atoms with Crippen molar-refractivity contribution in [3.8, 4) is 0 Å². The van der Waals surface area contributed by atoms with Crippen molar-refractivity contribution in [1.82, 2.24) is 4.90 Å². The van der Waals surface area contributed by atoms with Crippen molar-refractivity contribution in [3.05, 3.63) is 0 Å². The summed E-state index contributed by atoms with van der Waals surface area (Å²) in [5.41, 5.74) is 6.25. The number of aliphatic hydroxyl groups is 1. The van der Waals surface area contributed by atoms with Gasteiger partial charge in [-0.1, -0.05) is 33.6 Å². The van der Waals surface area contributed by atoms with Gasteiger partial charge in [-0.3, -0.25) is 4.90 Å². The van der Waals surface area contributed by atoms with Crippen molar-refractivity contribution in [2.45, 2.75) is 65.0 Å². The Balaban J connectivity index is 2.42. The number of rotatable bonds is 7. The van der Waals surface area contributed by atoms with Crippen molar-refractivity contribution in [3.63, 3.8) is 0 Å². The molecule has 0 amide bonds. The van der Waals surface area contributed by atoms with E-state index in [2.05, 4.69) is 25.7 Å². The van der Waals surface area contributed by atoms with Gasteiger partial charge in [-0.15, -0.1) is 0 Å². The minimum absolute atomic E-state index is 0.109. The molecule has 2 unspecified atom stereocenters. The van der Waals surface area contributed by atoms with E-state index < -0.39 is 0 Å². The molecule has 0 aromatic rings. The summed E-state index contributed by atoms with van der Waals surface area (Å²) in [5, 5.41) is 9.61. The molecule has 0 aromatic heterocycles. The van der Waals surface area contributed by atoms with Crippen molar-refractivity contribution in [2.24, 2.45) is 17.6 Å². The zero-order valence-corrected chi connectivity index (χ0v) is 12.4. The Morgan fingerprint density at radius 1 is 1.28 bits per heavy atom. The summed E-state index contributed by atoms with van der Waals surface area (Å²) in [6, 6.07) is 0.271. The second-order valence-electron chi connectivity index (χ2n) is 6.31. The first-order valence-electron chi connectivity index (χ1n) is 7.68. The fourth-order valence-electron chi connectivity index (χ4n) is 3.20. The Hall–Kier alpha value is -0.120. The maximum Gasteiger partial charge on any atom is 0.0601 e. The van der Waals surface area contributed by atoms with Crippen LogP contribution in [0.5, 0.6) is 0 Å². The minimum Gasteiger partial charge on any atom is -0.395 e. The summed E-state index contributed by atoms with van der Waals surface area (Å²) >= 11 is 0. The van der Waals surface area contributed by atoms with E-state index >= 15 is 0 Å². The lowest BCUT2D eigenvalue weighted by Crippen LogP contribution is -2.53. The smallest absolute Gasteiger partial charge is 0.0601 e. The zero-order chi connectivity index (χ0) is 13.5. The molecular weight excluding hydrogens is 224 g/mol. The predicted molar refractivity (Wildman–Crippen MR) is 77.5 cm³/mol. The van der Waals surface area contributed by atoms with Crippen LogP contribution in [-0.4, -0.2) is 41.8 Å². The molecule has 0 aliphatic carbocycles. The van der Waals surface area contributed by atoms with Crippen LogP contribution in [0.1, 0.15) is 52.9 Å². The second-order valence-corrected chi connectivity index (χ2v) is 6.31. The van der Waals surface area contributed by atoms with E-state index in [1.165, 1.54) is 25.7 Å². The first kappa shape index (κ1) is 15.9. The van der Waals surface area contributed by atoms with Crippen LogP contribution >= 0.6 is 0 Å². The van der Waals surface area contributed by atoms with Crippen molar-refractivity contribution < 1.29 is 5.11 Å². The summed E-state index contributed by atoms with van der Waals surface area (Å²) in [5.74, 6) is 1.50. The van der Waals surface area contributed by atoms with Crippen LogP contribution in [-0.2, 0) is 0 Å². The third-order valence-electron chi connectivity index (χ3n) is 4.24. The third kappa shape index (κ3) is 4.87. The summed E-state index contributed by atoms with van der Waals surface area (Å²) in [7, 11) is 0. The lowest BCUT2D eigenvalue weighted by Gasteiger charge is -2.39. The van der Waals surface area contributed by atoms with Crippen LogP contribution in [0.25, 0.3) is 0 Å². The molecular formula is C15H32N2O. The number of piperidine rings is 1. The molecule has 0 aromatic carbocycles. The van der Waals surface area contributed by atoms with Crippen LogP contribution in [0.2, 0.25) is 0 Å². The van der Waals surface area contributed by atoms with Gasteiger partial charge in [0.1, 0.15) is 0 Å². The third-order valence-corrected chi connectivity index (χ3v) is 4.24. The Labute approximate surface area is 113 Å². The summed E-state index contributed by atoms with van der Waals surface area (Å²) < 4.78 is 0. The quantitative estimate of drug-likeness (QED) is 0.734. The molecule has 0 spiro atoms. The van der Waals surface area contributed by atoms with Crippen molar-refractivity contribution in [1.29, 1.82) is 0 Å². The first-order chi connectivity index (χ1) is 8.58. The summed E-state index contributed by atoms with van der Waals surface area (Å²) in [6.07, 6.45) is 6.20. The predicted octanol–water partition coefficient (Wildman–Crippen LogP) is 2.23. The molecule has 0 radical (unpaired) electrons. The fourth-order valence-corrected chi connectivity index (χ4v) is 3.20. The highest BCUT2D eigenvalue weighted by Gasteiger charge is 2.28. The van der Waals surface area contributed by atoms with Gasteiger partial charge < -0.3 is 10.8 Å². The van der Waals surface area contributed by atoms with Crippen LogP contribution in [0.3, 0.4) is 0 Å². The van der Waals surface area contributed by atoms with Crippen LogP contribution in [0.15, 0.2) is 0 Å². The van der Waals surface area contributed by atoms with E-state index in [0.717, 1.165) is 25.4 Å². The Kier molecular flexibility index (Phi) is 7.20. The van der Waals surface area contributed by atoms with Gasteiger partial charge in [-0.05, 0) is 44.2 Å². The molecule has 1 aliphatic heterocycles. The lowest BCUT2D eigenvalue weighted by molar-refractivity contribution is 0.0657. The van der Waals surface area contributed by atoms with Gasteiger partial charge in [0.15, 0.2) is 0 Å². The molecule has 2 atom stereocenters. The lowest BCUT2D eigenvalue weighted by atomic mass is 9.90. The number of likely N-dealkylation sites (tertiary alicyclic amines) is 1. The molecule has 1 heterocycles. The second kappa shape index (κ2) is 8.13. The maximum absolute atomic E-state index is 9.61. The molecule has 18 heavy (non-hydrogen) atoms. The van der Waals surface area contributed by atoms with E-state index in [9.17, 15) is 5.11 Å². The molecule has 1 aliphatic rings. The summed E-state index contributed by atoms with van der Waals surface area (Å²) in [4.78, 5) is 2.42. The minimum atomic E-state index is 0.109. The Bertz CT molecular complexity index is 213. The van der Waals surface area contributed by atoms with Crippen LogP contribution in [0, 0.1) is 11.8 Å². The molecule has 0 bridgehead atoms. The van der Waals surface area contributed by atoms with Gasteiger partial charge in [0.25, 0.3) is 0 Å². The Morgan fingerprint density at radius 2 is 1.89 bits per heavy atom. The fraction of sp³-hybridized carbons (Fsp3) is 1.00. The molecule has 1 fully saturated rings. The first-order valence-corrected chi connectivity index (χ1v) is 7.68. The maximum atomic E-state index is 9.61. The van der Waals surface area contributed by atoms with E-state index in [1.54, 1.807) is 0 Å². The highest BCUT2D eigenvalue weighted by molar-refractivity contribution is 4.85. The average Bonchev–Trinajstić information content (AvgIpc) is 2.31. The Morgan fingerprint density at radius 3 is 2.33 bits per heavy atom. The normalized spacial score (nSPS) is 22.3. The molecule has 3 N–H and O–H groups in total. The van der Waals surface area contributed by atoms with Gasteiger partial charge in [-0.2, -0.15) is 0 Å². The molecule has 1 rings (SSSR count). The number of nitrogens with zero attached hydrogens (tertiary/aromatic N) is 1. The standard InChI is InChI=1S/C15H32N2O/c1-4-5-13-6-8-17(9-7-13)15(11-18)14(16)10-12(2)3/h12-15,18H,4-11,16H2,1-3H3. The molecule has 3 nitrogen and oxygen atoms in total. The van der Waals surface area contributed by atoms with Gasteiger partial charge >= 0.3 is 0 Å². The van der Waals surface area contributed by atoms with E-state index in [-0.39, 0.29) is 18.7 Å². The monoisotopic (exact) mass is 256 g/mol. The van der Waals surface area contributed by atoms with E-state index in [4.69, 9.17) is 5.73 Å². The number of hydrogen-bond donors (Lipinski definition) is 2. The van der Waals surface area contributed by atoms with Crippen molar-refractivity contribution >= 4 is 0 Å². The summed E-state index contributed by atoms with van der Waals surface area (Å²) in [6.45, 7) is 9.08. The number of aliphatic hydroxyl groups excluding tert-OH is 1. The van der Waals surface area contributed by atoms with Crippen LogP contribution in [0.4, 0.5) is 0 Å². The SMILES string of the molecule is CCCC1CCN(C(CO)C(N)CC(C)C)CC1. The van der Waals surface area contributed by atoms with Gasteiger partial charge in [0, 0.05) is 12.1 Å². The van der Waals surface area contributed by atoms with Gasteiger partial charge in [0.2, 0.25) is 0 Å². The molecule has 0 saturated carbocycles. The van der Waals surface area contributed by atoms with E-state index in [1.807, 2.05) is 0 Å². The van der Waals surface area contributed by atoms with Gasteiger partial charge in [0.05, 0.1) is 6.61 Å². The highest BCUT2D eigenvalue weighted by Crippen LogP contribution is 2.24. The average molecular weight is 256 g/mol. The highest BCUT2D eigenvalue weighted by atomic mass is 16.3. The van der Waals surface area contributed by atoms with E-state index in [0.29, 0.717) is 5.92 Å². The topological polar surface area (TPSA) is 49.5 Å². The van der Waals surface area contributed by atoms with Gasteiger partial charge in [-0.25, -0.2) is 0 Å². The largest absolute Gasteiger partial charge is 0.395 e. The molecule has 108 valence electrons. The van der Waals surface area contributed by atoms with Crippen LogP contribution < -0.4 is 5.73 Å². The number of nitrogens with two attached hydrogens (primary N) is 1. The van der Waals surface area contributed by atoms with Crippen molar-refractivity contribution in [2.75, 3.05) is 19.7 Å². The molecule has 3 heteroatoms. The molecule has 1 saturated heterocycles. The number of hydrogen-bond acceptors (Lipinski definition) is 3. The zero-order valence-electron chi connectivity index (χ0n) is 12.4.